The maximum absolute atomic E-state index is 12.3. The van der Waals surface area contributed by atoms with E-state index in [-0.39, 0.29) is 10.6 Å². The van der Waals surface area contributed by atoms with Crippen LogP contribution in [0.1, 0.15) is 31.2 Å². The molecule has 2 rings (SSSR count). The molecule has 2 N–H and O–H groups in total. The molecule has 0 atom stereocenters. The predicted molar refractivity (Wildman–Crippen MR) is 75.9 cm³/mol. The number of carboxylic acid groups (broad SMARTS) is 1. The van der Waals surface area contributed by atoms with E-state index in [1.165, 1.54) is 0 Å². The fourth-order valence-electron chi connectivity index (χ4n) is 2.11. The summed E-state index contributed by atoms with van der Waals surface area (Å²) in [6, 6.07) is 1.59. The maximum Gasteiger partial charge on any atom is 0.305 e. The van der Waals surface area contributed by atoms with E-state index in [9.17, 15) is 13.2 Å². The van der Waals surface area contributed by atoms with Crippen molar-refractivity contribution in [3.05, 3.63) is 15.4 Å². The average molecular weight is 368 g/mol. The van der Waals surface area contributed by atoms with E-state index in [1.54, 1.807) is 6.07 Å². The Labute approximate surface area is 124 Å². The zero-order valence-electron chi connectivity index (χ0n) is 10.3. The first-order valence-corrected chi connectivity index (χ1v) is 8.85. The maximum atomic E-state index is 12.3. The second kappa shape index (κ2) is 5.16. The minimum Gasteiger partial charge on any atom is -0.481 e. The van der Waals surface area contributed by atoms with E-state index in [0.29, 0.717) is 12.8 Å². The van der Waals surface area contributed by atoms with Gasteiger partial charge in [-0.05, 0) is 53.7 Å². The quantitative estimate of drug-likeness (QED) is 0.837. The van der Waals surface area contributed by atoms with Crippen molar-refractivity contribution in [2.24, 2.45) is 0 Å². The van der Waals surface area contributed by atoms with E-state index in [4.69, 9.17) is 5.11 Å². The van der Waals surface area contributed by atoms with Crippen molar-refractivity contribution in [2.45, 2.75) is 42.4 Å². The first-order valence-electron chi connectivity index (χ1n) is 5.76. The van der Waals surface area contributed by atoms with Crippen LogP contribution in [0.25, 0.3) is 0 Å². The molecule has 1 aromatic heterocycles. The highest BCUT2D eigenvalue weighted by atomic mass is 79.9. The van der Waals surface area contributed by atoms with Crippen LogP contribution < -0.4 is 4.72 Å². The molecule has 0 amide bonds. The van der Waals surface area contributed by atoms with E-state index in [2.05, 4.69) is 20.7 Å². The molecule has 0 bridgehead atoms. The summed E-state index contributed by atoms with van der Waals surface area (Å²) in [6.45, 7) is 1.82. The molecule has 1 saturated carbocycles. The number of sulfonamides is 1. The number of nitrogens with one attached hydrogen (secondary N) is 1. The standard InChI is InChI=1S/C11H14BrNO4S2/c1-7-5-9(18-10(7)12)19(16,17)13-11(3-2-4-11)6-8(14)15/h5,13H,2-4,6H2,1H3,(H,14,15). The van der Waals surface area contributed by atoms with Gasteiger partial charge in [-0.15, -0.1) is 11.3 Å². The molecular formula is C11H14BrNO4S2. The number of aryl methyl sites for hydroxylation is 1. The molecule has 0 spiro atoms. The summed E-state index contributed by atoms with van der Waals surface area (Å²) in [5.41, 5.74) is 0.0425. The van der Waals surface area contributed by atoms with Crippen LogP contribution in [0, 0.1) is 6.92 Å². The highest BCUT2D eigenvalue weighted by molar-refractivity contribution is 9.11. The summed E-state index contributed by atoms with van der Waals surface area (Å²) in [5.74, 6) is -0.981. The SMILES string of the molecule is Cc1cc(S(=O)(=O)NC2(CC(=O)O)CCC2)sc1Br. The molecule has 106 valence electrons. The van der Waals surface area contributed by atoms with Gasteiger partial charge in [-0.2, -0.15) is 0 Å². The Balaban J connectivity index is 2.23. The fourth-order valence-corrected chi connectivity index (χ4v) is 5.79. The normalized spacial score (nSPS) is 18.0. The molecule has 1 aliphatic rings. The molecule has 8 heteroatoms. The van der Waals surface area contributed by atoms with Crippen LogP contribution in [0.3, 0.4) is 0 Å². The highest BCUT2D eigenvalue weighted by Crippen LogP contribution is 2.38. The third-order valence-electron chi connectivity index (χ3n) is 3.25. The molecule has 5 nitrogen and oxygen atoms in total. The number of aliphatic carboxylic acids is 1. The Hall–Kier alpha value is -0.440. The molecule has 0 aromatic carbocycles. The number of thiophene rings is 1. The zero-order chi connectivity index (χ0) is 14.3. The average Bonchev–Trinajstić information content (AvgIpc) is 2.56. The zero-order valence-corrected chi connectivity index (χ0v) is 13.5. The Kier molecular flexibility index (Phi) is 4.06. The minimum atomic E-state index is -3.65. The number of carbonyl (C=O) groups is 1. The summed E-state index contributed by atoms with van der Waals surface area (Å²) in [7, 11) is -3.65. The fraction of sp³-hybridized carbons (Fsp3) is 0.545. The van der Waals surface area contributed by atoms with Gasteiger partial charge in [-0.1, -0.05) is 0 Å². The van der Waals surface area contributed by atoms with Crippen molar-refractivity contribution in [3.8, 4) is 0 Å². The Morgan fingerprint density at radius 3 is 2.58 bits per heavy atom. The first kappa shape index (κ1) is 15.0. The smallest absolute Gasteiger partial charge is 0.305 e. The number of carboxylic acids is 1. The van der Waals surface area contributed by atoms with Crippen molar-refractivity contribution >= 4 is 43.3 Å². The largest absolute Gasteiger partial charge is 0.481 e. The van der Waals surface area contributed by atoms with E-state index >= 15 is 0 Å². The molecule has 1 aliphatic carbocycles. The minimum absolute atomic E-state index is 0.169. The van der Waals surface area contributed by atoms with Crippen LogP contribution in [0.15, 0.2) is 14.1 Å². The lowest BCUT2D eigenvalue weighted by Crippen LogP contribution is -2.54. The Morgan fingerprint density at radius 1 is 1.58 bits per heavy atom. The lowest BCUT2D eigenvalue weighted by atomic mass is 9.75. The third kappa shape index (κ3) is 3.18. The van der Waals surface area contributed by atoms with E-state index in [0.717, 1.165) is 27.1 Å². The van der Waals surface area contributed by atoms with Crippen molar-refractivity contribution in [2.75, 3.05) is 0 Å². The molecule has 0 unspecified atom stereocenters. The second-order valence-electron chi connectivity index (χ2n) is 4.83. The van der Waals surface area contributed by atoms with Gasteiger partial charge in [0, 0.05) is 5.54 Å². The summed E-state index contributed by atoms with van der Waals surface area (Å²) in [4.78, 5) is 10.8. The molecule has 1 fully saturated rings. The molecule has 0 aliphatic heterocycles. The van der Waals surface area contributed by atoms with Gasteiger partial charge in [0.05, 0.1) is 10.2 Å². The van der Waals surface area contributed by atoms with Crippen LogP contribution in [0.2, 0.25) is 0 Å². The van der Waals surface area contributed by atoms with Gasteiger partial charge in [-0.3, -0.25) is 4.79 Å². The lowest BCUT2D eigenvalue weighted by molar-refractivity contribution is -0.139. The van der Waals surface area contributed by atoms with Gasteiger partial charge >= 0.3 is 5.97 Å². The van der Waals surface area contributed by atoms with Crippen molar-refractivity contribution < 1.29 is 18.3 Å². The van der Waals surface area contributed by atoms with Gasteiger partial charge in [0.2, 0.25) is 0 Å². The Bertz CT molecular complexity index is 585. The van der Waals surface area contributed by atoms with Crippen LogP contribution in [-0.4, -0.2) is 25.0 Å². The van der Waals surface area contributed by atoms with Gasteiger partial charge in [0.25, 0.3) is 10.0 Å². The molecule has 1 heterocycles. The summed E-state index contributed by atoms with van der Waals surface area (Å²) in [6.07, 6.45) is 1.83. The Morgan fingerprint density at radius 2 is 2.21 bits per heavy atom. The third-order valence-corrected chi connectivity index (χ3v) is 7.44. The molecule has 1 aromatic rings. The van der Waals surface area contributed by atoms with Crippen LogP contribution >= 0.6 is 27.3 Å². The number of halogens is 1. The molecule has 0 saturated heterocycles. The van der Waals surface area contributed by atoms with Crippen LogP contribution in [0.4, 0.5) is 0 Å². The predicted octanol–water partition coefficient (Wildman–Crippen LogP) is 2.49. The van der Waals surface area contributed by atoms with Gasteiger partial charge < -0.3 is 5.11 Å². The highest BCUT2D eigenvalue weighted by Gasteiger charge is 2.42. The summed E-state index contributed by atoms with van der Waals surface area (Å²) >= 11 is 4.43. The van der Waals surface area contributed by atoms with Crippen molar-refractivity contribution in [3.63, 3.8) is 0 Å². The van der Waals surface area contributed by atoms with Gasteiger partial charge in [-0.25, -0.2) is 13.1 Å². The topological polar surface area (TPSA) is 83.5 Å². The number of hydrogen-bond donors (Lipinski definition) is 2. The van der Waals surface area contributed by atoms with Crippen molar-refractivity contribution in [1.29, 1.82) is 0 Å². The molecule has 19 heavy (non-hydrogen) atoms. The molecule has 0 radical (unpaired) electrons. The number of hydrogen-bond acceptors (Lipinski definition) is 4. The first-order chi connectivity index (χ1) is 8.74. The summed E-state index contributed by atoms with van der Waals surface area (Å²) < 4.78 is 28.1. The van der Waals surface area contributed by atoms with Crippen LogP contribution in [0.5, 0.6) is 0 Å². The van der Waals surface area contributed by atoms with E-state index < -0.39 is 21.5 Å². The van der Waals surface area contributed by atoms with Crippen LogP contribution in [-0.2, 0) is 14.8 Å². The van der Waals surface area contributed by atoms with E-state index in [1.807, 2.05) is 6.92 Å². The molecular weight excluding hydrogens is 354 g/mol. The van der Waals surface area contributed by atoms with Crippen molar-refractivity contribution in [1.82, 2.24) is 4.72 Å². The summed E-state index contributed by atoms with van der Waals surface area (Å²) in [5, 5.41) is 8.89. The van der Waals surface area contributed by atoms with Gasteiger partial charge in [0.15, 0.2) is 0 Å². The van der Waals surface area contributed by atoms with Gasteiger partial charge in [0.1, 0.15) is 4.21 Å². The number of rotatable bonds is 5. The lowest BCUT2D eigenvalue weighted by Gasteiger charge is -2.40. The monoisotopic (exact) mass is 367 g/mol. The second-order valence-corrected chi connectivity index (χ2v) is 9.11.